The number of nitro benzene ring substituents is 1. The molecule has 28 heavy (non-hydrogen) atoms. The Morgan fingerprint density at radius 3 is 2.46 bits per heavy atom. The summed E-state index contributed by atoms with van der Waals surface area (Å²) >= 11 is 0. The third kappa shape index (κ3) is 4.64. The van der Waals surface area contributed by atoms with Crippen LogP contribution in [0.4, 0.5) is 17.1 Å². The molecule has 2 aromatic carbocycles. The Hall–Kier alpha value is -3.42. The quantitative estimate of drug-likeness (QED) is 0.435. The summed E-state index contributed by atoms with van der Waals surface area (Å²) in [6, 6.07) is 13.8. The van der Waals surface area contributed by atoms with Crippen LogP contribution in [0.5, 0.6) is 0 Å². The molecule has 0 saturated carbocycles. The van der Waals surface area contributed by atoms with Crippen LogP contribution in [0.15, 0.2) is 48.5 Å². The fourth-order valence-electron chi connectivity index (χ4n) is 3.10. The number of aryl methyl sites for hydroxylation is 1. The van der Waals surface area contributed by atoms with Gasteiger partial charge in [-0.3, -0.25) is 19.7 Å². The van der Waals surface area contributed by atoms with E-state index >= 15 is 0 Å². The largest absolute Gasteiger partial charge is 0.383 e. The van der Waals surface area contributed by atoms with Crippen molar-refractivity contribution in [1.82, 2.24) is 5.32 Å². The molecule has 8 nitrogen and oxygen atoms in total. The maximum absolute atomic E-state index is 12.4. The number of nitro groups is 1. The zero-order valence-corrected chi connectivity index (χ0v) is 15.6. The molecule has 1 aliphatic rings. The molecule has 146 valence electrons. The molecule has 3 rings (SSSR count). The highest BCUT2D eigenvalue weighted by atomic mass is 16.6. The molecule has 1 atom stereocenters. The van der Waals surface area contributed by atoms with Gasteiger partial charge in [-0.1, -0.05) is 17.7 Å². The number of nitrogens with one attached hydrogen (secondary N) is 2. The van der Waals surface area contributed by atoms with Crippen molar-refractivity contribution in [3.05, 3.63) is 64.2 Å². The van der Waals surface area contributed by atoms with Crippen molar-refractivity contribution >= 4 is 28.9 Å². The number of anilines is 2. The molecule has 2 aromatic rings. The Labute approximate surface area is 162 Å². The minimum absolute atomic E-state index is 0.0304. The van der Waals surface area contributed by atoms with E-state index in [0.29, 0.717) is 19.6 Å². The summed E-state index contributed by atoms with van der Waals surface area (Å²) in [7, 11) is 0. The molecule has 0 unspecified atom stereocenters. The Kier molecular flexibility index (Phi) is 5.88. The molecule has 1 aliphatic heterocycles. The van der Waals surface area contributed by atoms with Gasteiger partial charge in [0.25, 0.3) is 5.69 Å². The van der Waals surface area contributed by atoms with E-state index in [0.717, 1.165) is 16.9 Å². The molecule has 1 heterocycles. The zero-order valence-electron chi connectivity index (χ0n) is 15.6. The van der Waals surface area contributed by atoms with Crippen LogP contribution in [0, 0.1) is 23.0 Å². The number of carbonyl (C=O) groups is 2. The molecule has 2 N–H and O–H groups in total. The van der Waals surface area contributed by atoms with Crippen LogP contribution in [0.2, 0.25) is 0 Å². The van der Waals surface area contributed by atoms with E-state index < -0.39 is 4.92 Å². The summed E-state index contributed by atoms with van der Waals surface area (Å²) in [6.07, 6.45) is 0.204. The molecule has 1 fully saturated rings. The van der Waals surface area contributed by atoms with Gasteiger partial charge in [0.2, 0.25) is 11.8 Å². The normalized spacial score (nSPS) is 16.1. The molecule has 8 heteroatoms. The second kappa shape index (κ2) is 8.51. The first-order valence-corrected chi connectivity index (χ1v) is 9.07. The molecule has 2 amide bonds. The fraction of sp³-hybridized carbons (Fsp3) is 0.300. The highest BCUT2D eigenvalue weighted by Gasteiger charge is 2.34. The molecule has 0 aliphatic carbocycles. The van der Waals surface area contributed by atoms with Crippen molar-refractivity contribution in [2.24, 2.45) is 5.92 Å². The van der Waals surface area contributed by atoms with Crippen molar-refractivity contribution in [2.45, 2.75) is 13.3 Å². The average Bonchev–Trinajstić information content (AvgIpc) is 3.08. The van der Waals surface area contributed by atoms with E-state index in [2.05, 4.69) is 10.6 Å². The van der Waals surface area contributed by atoms with E-state index in [9.17, 15) is 19.7 Å². The molecule has 0 spiro atoms. The Bertz CT molecular complexity index is 865. The number of hydrogen-bond acceptors (Lipinski definition) is 5. The molecule has 1 saturated heterocycles. The Morgan fingerprint density at radius 1 is 1.14 bits per heavy atom. The number of hydrogen-bond donors (Lipinski definition) is 2. The van der Waals surface area contributed by atoms with Gasteiger partial charge in [0.05, 0.1) is 10.8 Å². The third-order valence-corrected chi connectivity index (χ3v) is 4.67. The number of carbonyl (C=O) groups excluding carboxylic acids is 2. The van der Waals surface area contributed by atoms with Gasteiger partial charge in [-0.25, -0.2) is 0 Å². The van der Waals surface area contributed by atoms with Crippen LogP contribution in [-0.4, -0.2) is 36.4 Å². The summed E-state index contributed by atoms with van der Waals surface area (Å²) in [4.78, 5) is 36.4. The fourth-order valence-corrected chi connectivity index (χ4v) is 3.10. The smallest absolute Gasteiger partial charge is 0.269 e. The second-order valence-electron chi connectivity index (χ2n) is 6.76. The predicted octanol–water partition coefficient (Wildman–Crippen LogP) is 2.48. The van der Waals surface area contributed by atoms with E-state index in [4.69, 9.17) is 0 Å². The highest BCUT2D eigenvalue weighted by molar-refractivity contribution is 6.00. The number of nitrogens with zero attached hydrogens (tertiary/aromatic N) is 2. The van der Waals surface area contributed by atoms with Crippen LogP contribution < -0.4 is 15.5 Å². The maximum atomic E-state index is 12.4. The molecular formula is C20H22N4O4. The lowest BCUT2D eigenvalue weighted by Crippen LogP contribution is -2.35. The van der Waals surface area contributed by atoms with Crippen molar-refractivity contribution in [2.75, 3.05) is 29.9 Å². The van der Waals surface area contributed by atoms with Gasteiger partial charge in [0.1, 0.15) is 0 Å². The zero-order chi connectivity index (χ0) is 20.1. The Morgan fingerprint density at radius 2 is 1.82 bits per heavy atom. The summed E-state index contributed by atoms with van der Waals surface area (Å²) in [6.45, 7) is 3.23. The van der Waals surface area contributed by atoms with Crippen molar-refractivity contribution in [1.29, 1.82) is 0 Å². The standard InChI is InChI=1S/C20H22N4O4/c1-14-2-6-17(7-3-14)23-13-15(12-19(23)25)20(26)22-11-10-21-16-4-8-18(9-5-16)24(27)28/h2-9,15,21H,10-13H2,1H3,(H,22,26)/t15-/m1/s1. The average molecular weight is 382 g/mol. The predicted molar refractivity (Wildman–Crippen MR) is 106 cm³/mol. The van der Waals surface area contributed by atoms with E-state index in [-0.39, 0.29) is 29.8 Å². The lowest BCUT2D eigenvalue weighted by Gasteiger charge is -2.17. The molecule has 0 radical (unpaired) electrons. The van der Waals surface area contributed by atoms with E-state index in [1.165, 1.54) is 12.1 Å². The summed E-state index contributed by atoms with van der Waals surface area (Å²) < 4.78 is 0. The van der Waals surface area contributed by atoms with Gasteiger partial charge in [-0.2, -0.15) is 0 Å². The molecular weight excluding hydrogens is 360 g/mol. The minimum Gasteiger partial charge on any atom is -0.383 e. The Balaban J connectivity index is 1.44. The van der Waals surface area contributed by atoms with Crippen molar-refractivity contribution in [3.63, 3.8) is 0 Å². The van der Waals surface area contributed by atoms with E-state index in [1.807, 2.05) is 31.2 Å². The molecule has 0 aromatic heterocycles. The van der Waals surface area contributed by atoms with Crippen LogP contribution in [0.25, 0.3) is 0 Å². The van der Waals surface area contributed by atoms with Gasteiger partial charge in [0, 0.05) is 49.6 Å². The second-order valence-corrected chi connectivity index (χ2v) is 6.76. The van der Waals surface area contributed by atoms with Crippen LogP contribution in [0.1, 0.15) is 12.0 Å². The minimum atomic E-state index is -0.452. The number of rotatable bonds is 7. The SMILES string of the molecule is Cc1ccc(N2C[C@H](C(=O)NCCNc3ccc([N+](=O)[O-])cc3)CC2=O)cc1. The monoisotopic (exact) mass is 382 g/mol. The molecule has 0 bridgehead atoms. The van der Waals surface area contributed by atoms with Crippen molar-refractivity contribution in [3.8, 4) is 0 Å². The lowest BCUT2D eigenvalue weighted by atomic mass is 10.1. The number of non-ortho nitro benzene ring substituents is 1. The first-order valence-electron chi connectivity index (χ1n) is 9.07. The topological polar surface area (TPSA) is 105 Å². The van der Waals surface area contributed by atoms with Crippen LogP contribution in [-0.2, 0) is 9.59 Å². The van der Waals surface area contributed by atoms with Gasteiger partial charge in [-0.05, 0) is 31.2 Å². The van der Waals surface area contributed by atoms with Gasteiger partial charge in [0.15, 0.2) is 0 Å². The summed E-state index contributed by atoms with van der Waals surface area (Å²) in [5.74, 6) is -0.561. The highest BCUT2D eigenvalue weighted by Crippen LogP contribution is 2.25. The van der Waals surface area contributed by atoms with E-state index in [1.54, 1.807) is 17.0 Å². The summed E-state index contributed by atoms with van der Waals surface area (Å²) in [5, 5.41) is 16.6. The summed E-state index contributed by atoms with van der Waals surface area (Å²) in [5.41, 5.74) is 2.69. The van der Waals surface area contributed by atoms with Crippen LogP contribution >= 0.6 is 0 Å². The lowest BCUT2D eigenvalue weighted by molar-refractivity contribution is -0.384. The van der Waals surface area contributed by atoms with Crippen LogP contribution in [0.3, 0.4) is 0 Å². The third-order valence-electron chi connectivity index (χ3n) is 4.67. The first-order chi connectivity index (χ1) is 13.4. The van der Waals surface area contributed by atoms with Gasteiger partial charge < -0.3 is 15.5 Å². The first kappa shape index (κ1) is 19.3. The number of benzene rings is 2. The van der Waals surface area contributed by atoms with Gasteiger partial charge in [-0.15, -0.1) is 0 Å². The number of amides is 2. The van der Waals surface area contributed by atoms with Gasteiger partial charge >= 0.3 is 0 Å². The maximum Gasteiger partial charge on any atom is 0.269 e. The van der Waals surface area contributed by atoms with Crippen molar-refractivity contribution < 1.29 is 14.5 Å².